The zero-order valence-electron chi connectivity index (χ0n) is 13.0. The number of hydrogen-bond donors (Lipinski definition) is 2. The second-order valence-electron chi connectivity index (χ2n) is 5.14. The summed E-state index contributed by atoms with van der Waals surface area (Å²) in [5.74, 6) is -1.94. The number of ether oxygens (including phenoxy) is 1. The van der Waals surface area contributed by atoms with Gasteiger partial charge in [-0.05, 0) is 35.9 Å². The van der Waals surface area contributed by atoms with E-state index in [2.05, 4.69) is 19.7 Å². The molecule has 26 heavy (non-hydrogen) atoms. The summed E-state index contributed by atoms with van der Waals surface area (Å²) in [6.07, 6.45) is 3.22. The number of alkyl halides is 2. The maximum atomic E-state index is 13.8. The van der Waals surface area contributed by atoms with E-state index < -0.39 is 33.1 Å². The average molecular weight is 383 g/mol. The third-order valence-electron chi connectivity index (χ3n) is 3.38. The normalized spacial score (nSPS) is 11.5. The first-order valence-corrected chi connectivity index (χ1v) is 8.70. The van der Waals surface area contributed by atoms with Crippen LogP contribution < -0.4 is 9.46 Å². The highest BCUT2D eigenvalue weighted by molar-refractivity contribution is 7.92. The van der Waals surface area contributed by atoms with Gasteiger partial charge < -0.3 is 4.74 Å². The van der Waals surface area contributed by atoms with Crippen LogP contribution in [-0.2, 0) is 10.0 Å². The summed E-state index contributed by atoms with van der Waals surface area (Å²) < 4.78 is 69.1. The lowest BCUT2D eigenvalue weighted by molar-refractivity contribution is -0.0522. The summed E-state index contributed by atoms with van der Waals surface area (Å²) in [6.45, 7) is -3.21. The van der Waals surface area contributed by atoms with Crippen molar-refractivity contribution in [2.75, 3.05) is 4.72 Å². The van der Waals surface area contributed by atoms with E-state index in [1.165, 1.54) is 6.07 Å². The standard InChI is InChI=1S/C16H12F3N3O3S/c17-14-7-13(4-5-15(14)25-16(18)19)26(23,24)22-12-3-1-2-10(6-12)11-8-20-21-9-11/h1-9,16,22H,(H,20,21). The quantitative estimate of drug-likeness (QED) is 0.681. The van der Waals surface area contributed by atoms with E-state index in [0.717, 1.165) is 17.7 Å². The summed E-state index contributed by atoms with van der Waals surface area (Å²) >= 11 is 0. The lowest BCUT2D eigenvalue weighted by Gasteiger charge is -2.11. The molecule has 0 aliphatic heterocycles. The van der Waals surface area contributed by atoms with Crippen LogP contribution in [-0.4, -0.2) is 25.2 Å². The second-order valence-corrected chi connectivity index (χ2v) is 6.83. The number of sulfonamides is 1. The molecule has 3 aromatic rings. The van der Waals surface area contributed by atoms with Gasteiger partial charge in [0.15, 0.2) is 11.6 Å². The van der Waals surface area contributed by atoms with E-state index in [-0.39, 0.29) is 5.69 Å². The van der Waals surface area contributed by atoms with Crippen LogP contribution in [0.3, 0.4) is 0 Å². The van der Waals surface area contributed by atoms with Crippen LogP contribution >= 0.6 is 0 Å². The van der Waals surface area contributed by atoms with E-state index in [4.69, 9.17) is 0 Å². The predicted molar refractivity (Wildman–Crippen MR) is 87.9 cm³/mol. The molecule has 136 valence electrons. The third kappa shape index (κ3) is 3.97. The van der Waals surface area contributed by atoms with Gasteiger partial charge >= 0.3 is 6.61 Å². The number of anilines is 1. The maximum absolute atomic E-state index is 13.8. The van der Waals surface area contributed by atoms with Crippen molar-refractivity contribution in [3.8, 4) is 16.9 Å². The van der Waals surface area contributed by atoms with Gasteiger partial charge in [0.25, 0.3) is 10.0 Å². The van der Waals surface area contributed by atoms with Crippen LogP contribution in [0.5, 0.6) is 5.75 Å². The molecular weight excluding hydrogens is 371 g/mol. The number of aromatic nitrogens is 2. The van der Waals surface area contributed by atoms with Gasteiger partial charge in [-0.15, -0.1) is 0 Å². The highest BCUT2D eigenvalue weighted by Crippen LogP contribution is 2.26. The minimum absolute atomic E-state index is 0.247. The second kappa shape index (κ2) is 7.08. The number of halogens is 3. The van der Waals surface area contributed by atoms with Gasteiger partial charge in [-0.3, -0.25) is 9.82 Å². The minimum Gasteiger partial charge on any atom is -0.432 e. The van der Waals surface area contributed by atoms with Crippen LogP contribution in [0.15, 0.2) is 59.8 Å². The molecule has 0 aliphatic carbocycles. The van der Waals surface area contributed by atoms with Gasteiger partial charge in [0.1, 0.15) is 0 Å². The Balaban J connectivity index is 1.85. The van der Waals surface area contributed by atoms with Crippen molar-refractivity contribution in [1.29, 1.82) is 0 Å². The molecule has 1 aromatic heterocycles. The molecule has 0 unspecified atom stereocenters. The lowest BCUT2D eigenvalue weighted by atomic mass is 10.1. The highest BCUT2D eigenvalue weighted by Gasteiger charge is 2.18. The van der Waals surface area contributed by atoms with Crippen molar-refractivity contribution in [2.24, 2.45) is 0 Å². The fourth-order valence-electron chi connectivity index (χ4n) is 2.23. The highest BCUT2D eigenvalue weighted by atomic mass is 32.2. The maximum Gasteiger partial charge on any atom is 0.387 e. The van der Waals surface area contributed by atoms with Gasteiger partial charge in [0.2, 0.25) is 0 Å². The van der Waals surface area contributed by atoms with Crippen LogP contribution in [0.4, 0.5) is 18.9 Å². The fourth-order valence-corrected chi connectivity index (χ4v) is 3.29. The van der Waals surface area contributed by atoms with Gasteiger partial charge in [0.05, 0.1) is 11.1 Å². The molecule has 0 saturated heterocycles. The van der Waals surface area contributed by atoms with E-state index in [1.807, 2.05) is 0 Å². The Morgan fingerprint density at radius 3 is 2.58 bits per heavy atom. The monoisotopic (exact) mass is 383 g/mol. The predicted octanol–water partition coefficient (Wildman–Crippen LogP) is 3.62. The molecular formula is C16H12F3N3O3S. The third-order valence-corrected chi connectivity index (χ3v) is 4.76. The van der Waals surface area contributed by atoms with Crippen molar-refractivity contribution >= 4 is 15.7 Å². The molecule has 3 rings (SSSR count). The van der Waals surface area contributed by atoms with Crippen molar-refractivity contribution < 1.29 is 26.3 Å². The topological polar surface area (TPSA) is 84.1 Å². The first kappa shape index (κ1) is 17.8. The number of nitrogens with zero attached hydrogens (tertiary/aromatic N) is 1. The van der Waals surface area contributed by atoms with Crippen LogP contribution in [0.2, 0.25) is 0 Å². The molecule has 0 amide bonds. The first-order valence-electron chi connectivity index (χ1n) is 7.21. The summed E-state index contributed by atoms with van der Waals surface area (Å²) in [7, 11) is -4.12. The summed E-state index contributed by atoms with van der Waals surface area (Å²) in [5, 5.41) is 6.47. The summed E-state index contributed by atoms with van der Waals surface area (Å²) in [6, 6.07) is 8.92. The molecule has 10 heteroatoms. The van der Waals surface area contributed by atoms with Crippen LogP contribution in [0.25, 0.3) is 11.1 Å². The molecule has 0 atom stereocenters. The molecule has 0 radical (unpaired) electrons. The number of aromatic amines is 1. The molecule has 0 aliphatic rings. The fraction of sp³-hybridized carbons (Fsp3) is 0.0625. The van der Waals surface area contributed by atoms with E-state index >= 15 is 0 Å². The molecule has 0 fully saturated rings. The number of H-pyrrole nitrogens is 1. The molecule has 0 bridgehead atoms. The van der Waals surface area contributed by atoms with E-state index in [1.54, 1.807) is 30.6 Å². The SMILES string of the molecule is O=S(=O)(Nc1cccc(-c2cn[nH]c2)c1)c1ccc(OC(F)F)c(F)c1. The molecule has 2 aromatic carbocycles. The number of benzene rings is 2. The Bertz CT molecular complexity index is 1010. The summed E-state index contributed by atoms with van der Waals surface area (Å²) in [5.41, 5.74) is 1.72. The van der Waals surface area contributed by atoms with Crippen LogP contribution in [0, 0.1) is 5.82 Å². The first-order chi connectivity index (χ1) is 12.3. The molecule has 0 saturated carbocycles. The Morgan fingerprint density at radius 1 is 1.12 bits per heavy atom. The lowest BCUT2D eigenvalue weighted by Crippen LogP contribution is -2.13. The number of hydrogen-bond acceptors (Lipinski definition) is 4. The Hall–Kier alpha value is -3.01. The smallest absolute Gasteiger partial charge is 0.387 e. The van der Waals surface area contributed by atoms with Gasteiger partial charge in [-0.2, -0.15) is 13.9 Å². The zero-order chi connectivity index (χ0) is 18.7. The largest absolute Gasteiger partial charge is 0.432 e. The molecule has 6 nitrogen and oxygen atoms in total. The average Bonchev–Trinajstić information content (AvgIpc) is 3.10. The Morgan fingerprint density at radius 2 is 1.92 bits per heavy atom. The zero-order valence-corrected chi connectivity index (χ0v) is 13.8. The van der Waals surface area contributed by atoms with Gasteiger partial charge in [-0.1, -0.05) is 12.1 Å². The van der Waals surface area contributed by atoms with Crippen molar-refractivity contribution in [1.82, 2.24) is 10.2 Å². The van der Waals surface area contributed by atoms with E-state index in [0.29, 0.717) is 11.6 Å². The Labute approximate surface area is 146 Å². The van der Waals surface area contributed by atoms with E-state index in [9.17, 15) is 21.6 Å². The number of rotatable bonds is 6. The molecule has 0 spiro atoms. The van der Waals surface area contributed by atoms with Gasteiger partial charge in [0, 0.05) is 17.4 Å². The summed E-state index contributed by atoms with van der Waals surface area (Å²) in [4.78, 5) is -0.426. The van der Waals surface area contributed by atoms with Crippen LogP contribution in [0.1, 0.15) is 0 Å². The number of nitrogens with one attached hydrogen (secondary N) is 2. The van der Waals surface area contributed by atoms with Gasteiger partial charge in [-0.25, -0.2) is 12.8 Å². The van der Waals surface area contributed by atoms with Crippen molar-refractivity contribution in [3.05, 3.63) is 60.7 Å². The molecule has 2 N–H and O–H groups in total. The van der Waals surface area contributed by atoms with Crippen molar-refractivity contribution in [2.45, 2.75) is 11.5 Å². The Kier molecular flexibility index (Phi) is 4.85. The molecule has 1 heterocycles. The minimum atomic E-state index is -4.12. The van der Waals surface area contributed by atoms with Crippen molar-refractivity contribution in [3.63, 3.8) is 0 Å².